The summed E-state index contributed by atoms with van der Waals surface area (Å²) in [6, 6.07) is 9.18. The number of ether oxygens (including phenoxy) is 10. The van der Waals surface area contributed by atoms with Crippen LogP contribution < -0.4 is 0 Å². The number of rotatable bonds is 8. The van der Waals surface area contributed by atoms with Gasteiger partial charge in [-0.1, -0.05) is 30.3 Å². The summed E-state index contributed by atoms with van der Waals surface area (Å²) in [5.41, 5.74) is 0.741. The molecule has 10 unspecified atom stereocenters. The summed E-state index contributed by atoms with van der Waals surface area (Å²) in [4.78, 5) is 47.9. The van der Waals surface area contributed by atoms with E-state index in [0.29, 0.717) is 0 Å². The summed E-state index contributed by atoms with van der Waals surface area (Å²) in [7, 11) is 1.37. The Morgan fingerprint density at radius 3 is 1.90 bits per heavy atom. The van der Waals surface area contributed by atoms with Crippen molar-refractivity contribution in [1.29, 1.82) is 0 Å². The number of carbonyl (C=O) groups is 4. The number of carbonyl (C=O) groups excluding carboxylic acids is 4. The maximum atomic E-state index is 12.2. The molecule has 0 aliphatic carbocycles. The highest BCUT2D eigenvalue weighted by molar-refractivity contribution is 5.68. The largest absolute Gasteiger partial charge is 0.457 e. The molecule has 0 bridgehead atoms. The van der Waals surface area contributed by atoms with Crippen molar-refractivity contribution in [2.24, 2.45) is 0 Å². The van der Waals surface area contributed by atoms with E-state index < -0.39 is 85.5 Å². The first-order chi connectivity index (χ1) is 19.6. The lowest BCUT2D eigenvalue weighted by molar-refractivity contribution is -0.385. The molecule has 0 amide bonds. The molecule has 10 atom stereocenters. The zero-order valence-corrected chi connectivity index (χ0v) is 23.3. The van der Waals surface area contributed by atoms with E-state index >= 15 is 0 Å². The first-order valence-corrected chi connectivity index (χ1v) is 13.0. The predicted octanol–water partition coefficient (Wildman–Crippen LogP) is 0.940. The Hall–Kier alpha value is -3.14. The fraction of sp³-hybridized carbons (Fsp3) is 0.630. The van der Waals surface area contributed by atoms with Gasteiger partial charge < -0.3 is 47.4 Å². The van der Waals surface area contributed by atoms with E-state index in [1.54, 1.807) is 0 Å². The number of hydrogen-bond acceptors (Lipinski definition) is 14. The van der Waals surface area contributed by atoms with Gasteiger partial charge in [0.2, 0.25) is 0 Å². The fourth-order valence-electron chi connectivity index (χ4n) is 4.97. The average molecular weight is 583 g/mol. The van der Waals surface area contributed by atoms with Crippen LogP contribution in [0.3, 0.4) is 0 Å². The quantitative estimate of drug-likeness (QED) is 0.315. The summed E-state index contributed by atoms with van der Waals surface area (Å²) in [6.45, 7) is 4.54. The van der Waals surface area contributed by atoms with E-state index in [1.165, 1.54) is 21.0 Å². The van der Waals surface area contributed by atoms with E-state index in [0.717, 1.165) is 19.4 Å². The van der Waals surface area contributed by atoms with Gasteiger partial charge in [0.1, 0.15) is 12.2 Å². The zero-order valence-electron chi connectivity index (χ0n) is 23.3. The molecule has 3 aliphatic heterocycles. The molecule has 3 heterocycles. The van der Waals surface area contributed by atoms with Crippen LogP contribution in [0.15, 0.2) is 30.3 Å². The molecule has 14 nitrogen and oxygen atoms in total. The Balaban J connectivity index is 1.63. The fourth-order valence-corrected chi connectivity index (χ4v) is 4.97. The third-order valence-electron chi connectivity index (χ3n) is 6.49. The molecule has 41 heavy (non-hydrogen) atoms. The molecule has 0 radical (unpaired) electrons. The van der Waals surface area contributed by atoms with Crippen LogP contribution in [0.25, 0.3) is 0 Å². The summed E-state index contributed by atoms with van der Waals surface area (Å²) >= 11 is 0. The molecule has 0 spiro atoms. The van der Waals surface area contributed by atoms with Crippen LogP contribution in [0.4, 0.5) is 0 Å². The molecular formula is C27H34O14. The Bertz CT molecular complexity index is 1080. The van der Waals surface area contributed by atoms with Gasteiger partial charge in [0, 0.05) is 40.4 Å². The van der Waals surface area contributed by atoms with Gasteiger partial charge in [0.15, 0.2) is 49.4 Å². The van der Waals surface area contributed by atoms with Crippen molar-refractivity contribution in [2.45, 2.75) is 89.3 Å². The van der Waals surface area contributed by atoms with Crippen LogP contribution in [0.1, 0.15) is 39.5 Å². The summed E-state index contributed by atoms with van der Waals surface area (Å²) < 4.78 is 57.5. The van der Waals surface area contributed by atoms with Gasteiger partial charge in [-0.25, -0.2) is 0 Å². The molecule has 3 aliphatic rings. The Morgan fingerprint density at radius 1 is 0.683 bits per heavy atom. The summed E-state index contributed by atoms with van der Waals surface area (Å²) in [6.07, 6.45) is -10.8. The highest BCUT2D eigenvalue weighted by Gasteiger charge is 2.56. The smallest absolute Gasteiger partial charge is 0.303 e. The third-order valence-corrected chi connectivity index (χ3v) is 6.49. The van der Waals surface area contributed by atoms with Crippen LogP contribution in [-0.4, -0.2) is 99.5 Å². The molecule has 1 aromatic carbocycles. The summed E-state index contributed by atoms with van der Waals surface area (Å²) in [5, 5.41) is 0. The topological polar surface area (TPSA) is 161 Å². The number of esters is 4. The lowest BCUT2D eigenvalue weighted by atomic mass is 9.96. The minimum Gasteiger partial charge on any atom is -0.457 e. The third kappa shape index (κ3) is 7.58. The molecule has 3 saturated heterocycles. The van der Waals surface area contributed by atoms with E-state index in [4.69, 9.17) is 47.4 Å². The van der Waals surface area contributed by atoms with E-state index in [9.17, 15) is 19.2 Å². The average Bonchev–Trinajstić information content (AvgIpc) is 2.92. The normalized spacial score (nSPS) is 35.0. The zero-order chi connectivity index (χ0) is 29.7. The van der Waals surface area contributed by atoms with E-state index in [-0.39, 0.29) is 13.2 Å². The van der Waals surface area contributed by atoms with Crippen molar-refractivity contribution in [3.05, 3.63) is 35.9 Å². The lowest BCUT2D eigenvalue weighted by Crippen LogP contribution is -2.66. The molecule has 1 aromatic rings. The van der Waals surface area contributed by atoms with Crippen molar-refractivity contribution in [3.8, 4) is 0 Å². The van der Waals surface area contributed by atoms with E-state index in [2.05, 4.69) is 0 Å². The van der Waals surface area contributed by atoms with Crippen LogP contribution in [0.2, 0.25) is 0 Å². The van der Waals surface area contributed by atoms with Crippen molar-refractivity contribution < 1.29 is 66.5 Å². The molecule has 226 valence electrons. The molecule has 4 rings (SSSR count). The van der Waals surface area contributed by atoms with Gasteiger partial charge in [-0.2, -0.15) is 0 Å². The van der Waals surface area contributed by atoms with Gasteiger partial charge >= 0.3 is 23.9 Å². The van der Waals surface area contributed by atoms with Crippen molar-refractivity contribution in [2.75, 3.05) is 20.3 Å². The first-order valence-electron chi connectivity index (χ1n) is 13.0. The Morgan fingerprint density at radius 2 is 1.29 bits per heavy atom. The van der Waals surface area contributed by atoms with Crippen molar-refractivity contribution in [3.63, 3.8) is 0 Å². The Labute approximate surface area is 236 Å². The minimum absolute atomic E-state index is 0.100. The van der Waals surface area contributed by atoms with Crippen LogP contribution in [0, 0.1) is 0 Å². The second kappa shape index (κ2) is 13.7. The van der Waals surface area contributed by atoms with Crippen molar-refractivity contribution >= 4 is 23.9 Å². The Kier molecular flexibility index (Phi) is 10.3. The number of hydrogen-bond donors (Lipinski definition) is 0. The monoisotopic (exact) mass is 582 g/mol. The highest BCUT2D eigenvalue weighted by atomic mass is 16.8. The maximum Gasteiger partial charge on any atom is 0.303 e. The summed E-state index contributed by atoms with van der Waals surface area (Å²) in [5.74, 6) is -2.75. The number of benzene rings is 1. The van der Waals surface area contributed by atoms with Gasteiger partial charge in [-0.05, 0) is 0 Å². The first kappa shape index (κ1) is 30.8. The lowest BCUT2D eigenvalue weighted by Gasteiger charge is -2.49. The number of fused-ring (bicyclic) bond motifs is 1. The SMILES string of the molecule is COC1OC2COC(c3ccccc3)OC2C(OC(C)=O)C1OC1OCC(OC(C)=O)C(OC(C)=O)C1OC(C)=O. The van der Waals surface area contributed by atoms with E-state index in [1.807, 2.05) is 30.3 Å². The van der Waals surface area contributed by atoms with Crippen LogP contribution in [0.5, 0.6) is 0 Å². The predicted molar refractivity (Wildman–Crippen MR) is 133 cm³/mol. The van der Waals surface area contributed by atoms with Crippen LogP contribution in [-0.2, 0) is 66.5 Å². The van der Waals surface area contributed by atoms with Crippen molar-refractivity contribution in [1.82, 2.24) is 0 Å². The molecule has 0 N–H and O–H groups in total. The van der Waals surface area contributed by atoms with Gasteiger partial charge in [0.25, 0.3) is 0 Å². The second-order valence-corrected chi connectivity index (χ2v) is 9.63. The minimum atomic E-state index is -1.39. The van der Waals surface area contributed by atoms with Gasteiger partial charge in [-0.15, -0.1) is 0 Å². The number of methoxy groups -OCH3 is 1. The molecular weight excluding hydrogens is 548 g/mol. The highest BCUT2D eigenvalue weighted by Crippen LogP contribution is 2.38. The molecule has 14 heteroatoms. The second-order valence-electron chi connectivity index (χ2n) is 9.63. The molecule has 3 fully saturated rings. The molecule has 0 saturated carbocycles. The van der Waals surface area contributed by atoms with Crippen LogP contribution >= 0.6 is 0 Å². The standard InChI is InChI=1S/C27H34O14/c1-13(28)35-18-11-34-27(23(38-16(4)31)21(18)36-14(2)29)41-24-22(37-15(3)30)20-19(39-26(24)32-5)12-33-25(40-20)17-9-7-6-8-10-17/h6-10,18-27H,11-12H2,1-5H3. The van der Waals surface area contributed by atoms with Gasteiger partial charge in [-0.3, -0.25) is 19.2 Å². The molecule has 0 aromatic heterocycles. The maximum absolute atomic E-state index is 12.2. The van der Waals surface area contributed by atoms with Gasteiger partial charge in [0.05, 0.1) is 13.2 Å².